The van der Waals surface area contributed by atoms with Crippen LogP contribution in [-0.4, -0.2) is 31.3 Å². The Hall–Kier alpha value is -1.69. The number of nitrogens with one attached hydrogen (secondary N) is 1. The predicted octanol–water partition coefficient (Wildman–Crippen LogP) is 2.11. The highest BCUT2D eigenvalue weighted by atomic mass is 19.1. The van der Waals surface area contributed by atoms with Gasteiger partial charge in [-0.3, -0.25) is 0 Å². The van der Waals surface area contributed by atoms with Crippen molar-refractivity contribution in [3.05, 3.63) is 29.3 Å². The fourth-order valence-electron chi connectivity index (χ4n) is 1.30. The Labute approximate surface area is 97.2 Å². The van der Waals surface area contributed by atoms with Crippen LogP contribution in [0.15, 0.2) is 12.1 Å². The molecule has 0 atom stereocenters. The van der Waals surface area contributed by atoms with Crippen LogP contribution in [-0.2, 0) is 4.74 Å². The van der Waals surface area contributed by atoms with Crippen molar-refractivity contribution in [1.29, 1.82) is 0 Å². The Balaban J connectivity index is 2.76. The van der Waals surface area contributed by atoms with E-state index in [1.54, 1.807) is 0 Å². The molecule has 17 heavy (non-hydrogen) atoms. The van der Waals surface area contributed by atoms with Crippen molar-refractivity contribution in [2.45, 2.75) is 6.42 Å². The second-order valence-corrected chi connectivity index (χ2v) is 3.39. The van der Waals surface area contributed by atoms with Gasteiger partial charge < -0.3 is 15.2 Å². The van der Waals surface area contributed by atoms with Crippen molar-refractivity contribution in [3.8, 4) is 0 Å². The standard InChI is InChI=1S/C11H13F2NO3/c1-17-4-2-3-14-10-8(12)5-7(11(15)16)6-9(10)13/h5-6,14H,2-4H2,1H3,(H,15,16). The van der Waals surface area contributed by atoms with Gasteiger partial charge >= 0.3 is 5.97 Å². The number of ether oxygens (including phenoxy) is 1. The first-order valence-corrected chi connectivity index (χ1v) is 5.01. The molecule has 2 N–H and O–H groups in total. The fraction of sp³-hybridized carbons (Fsp3) is 0.364. The maximum atomic E-state index is 13.4. The normalized spacial score (nSPS) is 10.3. The van der Waals surface area contributed by atoms with Gasteiger partial charge in [0.25, 0.3) is 0 Å². The third-order valence-corrected chi connectivity index (χ3v) is 2.12. The van der Waals surface area contributed by atoms with Crippen LogP contribution in [0.1, 0.15) is 16.8 Å². The Morgan fingerprint density at radius 2 is 2.00 bits per heavy atom. The number of rotatable bonds is 6. The van der Waals surface area contributed by atoms with Gasteiger partial charge in [0.2, 0.25) is 0 Å². The van der Waals surface area contributed by atoms with Crippen LogP contribution < -0.4 is 5.32 Å². The van der Waals surface area contributed by atoms with E-state index in [1.807, 2.05) is 0 Å². The topological polar surface area (TPSA) is 58.6 Å². The lowest BCUT2D eigenvalue weighted by Gasteiger charge is -2.09. The van der Waals surface area contributed by atoms with Crippen LogP contribution >= 0.6 is 0 Å². The van der Waals surface area contributed by atoms with Crippen LogP contribution in [0.2, 0.25) is 0 Å². The molecule has 0 aromatic heterocycles. The number of methoxy groups -OCH3 is 1. The van der Waals surface area contributed by atoms with Crippen molar-refractivity contribution in [2.75, 3.05) is 25.6 Å². The number of carbonyl (C=O) groups is 1. The highest BCUT2D eigenvalue weighted by Gasteiger charge is 2.13. The van der Waals surface area contributed by atoms with Gasteiger partial charge in [-0.05, 0) is 18.6 Å². The lowest BCUT2D eigenvalue weighted by molar-refractivity contribution is 0.0696. The summed E-state index contributed by atoms with van der Waals surface area (Å²) >= 11 is 0. The molecule has 0 aliphatic carbocycles. The van der Waals surface area contributed by atoms with E-state index >= 15 is 0 Å². The van der Waals surface area contributed by atoms with E-state index in [0.29, 0.717) is 19.6 Å². The van der Waals surface area contributed by atoms with Crippen molar-refractivity contribution >= 4 is 11.7 Å². The number of aromatic carboxylic acids is 1. The monoisotopic (exact) mass is 245 g/mol. The molecule has 0 spiro atoms. The maximum Gasteiger partial charge on any atom is 0.335 e. The van der Waals surface area contributed by atoms with Gasteiger partial charge in [0.15, 0.2) is 0 Å². The van der Waals surface area contributed by atoms with E-state index in [0.717, 1.165) is 12.1 Å². The van der Waals surface area contributed by atoms with E-state index in [9.17, 15) is 13.6 Å². The summed E-state index contributed by atoms with van der Waals surface area (Å²) in [6, 6.07) is 1.56. The molecular formula is C11H13F2NO3. The molecule has 0 radical (unpaired) electrons. The SMILES string of the molecule is COCCCNc1c(F)cc(C(=O)O)cc1F. The Bertz CT molecular complexity index is 387. The van der Waals surface area contributed by atoms with Crippen LogP contribution in [0, 0.1) is 11.6 Å². The summed E-state index contributed by atoms with van der Waals surface area (Å²) in [6.45, 7) is 0.817. The van der Waals surface area contributed by atoms with Gasteiger partial charge in [0.05, 0.1) is 5.56 Å². The molecule has 0 saturated carbocycles. The molecule has 1 aromatic carbocycles. The van der Waals surface area contributed by atoms with Gasteiger partial charge in [-0.15, -0.1) is 0 Å². The zero-order chi connectivity index (χ0) is 12.8. The summed E-state index contributed by atoms with van der Waals surface area (Å²) in [7, 11) is 1.53. The van der Waals surface area contributed by atoms with Gasteiger partial charge in [-0.2, -0.15) is 0 Å². The molecule has 0 amide bonds. The fourth-order valence-corrected chi connectivity index (χ4v) is 1.30. The van der Waals surface area contributed by atoms with E-state index in [1.165, 1.54) is 7.11 Å². The lowest BCUT2D eigenvalue weighted by Crippen LogP contribution is -2.09. The van der Waals surface area contributed by atoms with Gasteiger partial charge in [0.1, 0.15) is 17.3 Å². The molecule has 0 heterocycles. The summed E-state index contributed by atoms with van der Waals surface area (Å²) in [5.74, 6) is -3.20. The third-order valence-electron chi connectivity index (χ3n) is 2.12. The van der Waals surface area contributed by atoms with Crippen LogP contribution in [0.4, 0.5) is 14.5 Å². The smallest absolute Gasteiger partial charge is 0.335 e. The van der Waals surface area contributed by atoms with E-state index in [4.69, 9.17) is 9.84 Å². The molecule has 0 saturated heterocycles. The number of carboxylic acids is 1. The van der Waals surface area contributed by atoms with E-state index < -0.39 is 23.2 Å². The molecule has 4 nitrogen and oxygen atoms in total. The highest BCUT2D eigenvalue weighted by Crippen LogP contribution is 2.20. The van der Waals surface area contributed by atoms with Gasteiger partial charge in [-0.25, -0.2) is 13.6 Å². The molecule has 1 aromatic rings. The van der Waals surface area contributed by atoms with Crippen molar-refractivity contribution < 1.29 is 23.4 Å². The number of benzene rings is 1. The number of anilines is 1. The third kappa shape index (κ3) is 3.67. The van der Waals surface area contributed by atoms with E-state index in [-0.39, 0.29) is 5.69 Å². The average Bonchev–Trinajstić information content (AvgIpc) is 2.26. The van der Waals surface area contributed by atoms with E-state index in [2.05, 4.69) is 5.32 Å². The molecule has 94 valence electrons. The first-order valence-electron chi connectivity index (χ1n) is 5.01. The molecule has 0 unspecified atom stereocenters. The molecular weight excluding hydrogens is 232 g/mol. The number of halogens is 2. The van der Waals surface area contributed by atoms with Crippen molar-refractivity contribution in [3.63, 3.8) is 0 Å². The zero-order valence-corrected chi connectivity index (χ0v) is 9.30. The first-order chi connectivity index (χ1) is 8.06. The Morgan fingerprint density at radius 1 is 1.41 bits per heavy atom. The summed E-state index contributed by atoms with van der Waals surface area (Å²) in [6.07, 6.45) is 0.593. The Morgan fingerprint density at radius 3 is 2.47 bits per heavy atom. The summed E-state index contributed by atoms with van der Waals surface area (Å²) in [5, 5.41) is 11.2. The Kier molecular flexibility index (Phi) is 4.84. The summed E-state index contributed by atoms with van der Waals surface area (Å²) < 4.78 is 31.6. The minimum absolute atomic E-state index is 0.314. The first kappa shape index (κ1) is 13.4. The highest BCUT2D eigenvalue weighted by molar-refractivity contribution is 5.88. The number of carboxylic acid groups (broad SMARTS) is 1. The minimum atomic E-state index is -1.37. The average molecular weight is 245 g/mol. The van der Waals surface area contributed by atoms with Gasteiger partial charge in [0, 0.05) is 20.3 Å². The number of hydrogen-bond acceptors (Lipinski definition) is 3. The molecule has 0 bridgehead atoms. The van der Waals surface area contributed by atoms with Crippen molar-refractivity contribution in [2.24, 2.45) is 0 Å². The maximum absolute atomic E-state index is 13.4. The second-order valence-electron chi connectivity index (χ2n) is 3.39. The predicted molar refractivity (Wildman–Crippen MR) is 58.3 cm³/mol. The minimum Gasteiger partial charge on any atom is -0.478 e. The largest absolute Gasteiger partial charge is 0.478 e. The molecule has 6 heteroatoms. The number of hydrogen-bond donors (Lipinski definition) is 2. The van der Waals surface area contributed by atoms with Gasteiger partial charge in [-0.1, -0.05) is 0 Å². The quantitative estimate of drug-likeness (QED) is 0.753. The molecule has 0 fully saturated rings. The zero-order valence-electron chi connectivity index (χ0n) is 9.30. The van der Waals surface area contributed by atoms with Crippen molar-refractivity contribution in [1.82, 2.24) is 0 Å². The molecule has 1 rings (SSSR count). The second kappa shape index (κ2) is 6.15. The van der Waals surface area contributed by atoms with Crippen LogP contribution in [0.25, 0.3) is 0 Å². The molecule has 0 aliphatic rings. The van der Waals surface area contributed by atoms with Crippen LogP contribution in [0.5, 0.6) is 0 Å². The summed E-state index contributed by atoms with van der Waals surface area (Å²) in [5.41, 5.74) is -0.728. The van der Waals surface area contributed by atoms with Crippen LogP contribution in [0.3, 0.4) is 0 Å². The molecule has 0 aliphatic heterocycles. The lowest BCUT2D eigenvalue weighted by atomic mass is 10.2. The summed E-state index contributed by atoms with van der Waals surface area (Å²) in [4.78, 5) is 10.5.